The molecule has 0 N–H and O–H groups in total. The third-order valence-corrected chi connectivity index (χ3v) is 3.31. The zero-order valence-electron chi connectivity index (χ0n) is 12.1. The minimum absolute atomic E-state index is 0.0491. The molecule has 0 spiro atoms. The van der Waals surface area contributed by atoms with Crippen LogP contribution in [0.15, 0.2) is 47.1 Å². The van der Waals surface area contributed by atoms with Crippen LogP contribution in [0.4, 0.5) is 0 Å². The number of hydrogen-bond acceptors (Lipinski definition) is 5. The van der Waals surface area contributed by atoms with Crippen molar-refractivity contribution in [2.75, 3.05) is 27.1 Å². The van der Waals surface area contributed by atoms with Gasteiger partial charge in [0.15, 0.2) is 6.79 Å². The van der Waals surface area contributed by atoms with Crippen LogP contribution in [-0.4, -0.2) is 37.9 Å². The van der Waals surface area contributed by atoms with E-state index in [1.54, 1.807) is 49.7 Å². The predicted molar refractivity (Wildman–Crippen MR) is 85.1 cm³/mol. The molecule has 5 nitrogen and oxygen atoms in total. The van der Waals surface area contributed by atoms with E-state index in [0.29, 0.717) is 30.2 Å². The number of hydrogen-bond donors (Lipinski definition) is 0. The lowest BCUT2D eigenvalue weighted by Gasteiger charge is -2.11. The van der Waals surface area contributed by atoms with Crippen molar-refractivity contribution >= 4 is 21.7 Å². The number of benzene rings is 1. The molecule has 0 aliphatic heterocycles. The van der Waals surface area contributed by atoms with Crippen molar-refractivity contribution in [2.24, 2.45) is 0 Å². The molecule has 0 aliphatic rings. The molecular formula is C16H16BrNO4. The smallest absolute Gasteiger partial charge is 0.215 e. The normalized spacial score (nSPS) is 10.5. The third kappa shape index (κ3) is 4.62. The Balaban J connectivity index is 2.12. The molecule has 0 radical (unpaired) electrons. The van der Waals surface area contributed by atoms with E-state index < -0.39 is 0 Å². The second-order valence-electron chi connectivity index (χ2n) is 4.35. The van der Waals surface area contributed by atoms with Gasteiger partial charge < -0.3 is 14.2 Å². The van der Waals surface area contributed by atoms with Crippen LogP contribution in [0.25, 0.3) is 0 Å². The minimum atomic E-state index is -0.200. The molecule has 2 aromatic rings. The monoisotopic (exact) mass is 365 g/mol. The van der Waals surface area contributed by atoms with E-state index in [1.165, 1.54) is 0 Å². The maximum Gasteiger partial charge on any atom is 0.215 e. The second kappa shape index (κ2) is 8.63. The summed E-state index contributed by atoms with van der Waals surface area (Å²) in [4.78, 5) is 16.6. The number of carbonyl (C=O) groups is 1. The van der Waals surface area contributed by atoms with Gasteiger partial charge in [-0.25, -0.2) is 0 Å². The van der Waals surface area contributed by atoms with Gasteiger partial charge in [-0.3, -0.25) is 9.78 Å². The molecule has 1 aromatic carbocycles. The van der Waals surface area contributed by atoms with Crippen LogP contribution in [0.5, 0.6) is 5.75 Å². The van der Waals surface area contributed by atoms with Crippen LogP contribution >= 0.6 is 15.9 Å². The number of pyridine rings is 1. The van der Waals surface area contributed by atoms with Crippen LogP contribution in [-0.2, 0) is 9.47 Å². The molecule has 0 bridgehead atoms. The molecule has 1 aromatic heterocycles. The molecule has 116 valence electrons. The van der Waals surface area contributed by atoms with Gasteiger partial charge in [0.05, 0.1) is 18.8 Å². The Hall–Kier alpha value is -1.76. The molecule has 0 saturated carbocycles. The molecule has 22 heavy (non-hydrogen) atoms. The van der Waals surface area contributed by atoms with Gasteiger partial charge in [-0.2, -0.15) is 0 Å². The van der Waals surface area contributed by atoms with Gasteiger partial charge in [0.2, 0.25) is 5.78 Å². The quantitative estimate of drug-likeness (QED) is 0.408. The average molecular weight is 366 g/mol. The van der Waals surface area contributed by atoms with E-state index in [1.807, 2.05) is 0 Å². The molecule has 0 saturated heterocycles. The lowest BCUT2D eigenvalue weighted by atomic mass is 10.1. The zero-order valence-corrected chi connectivity index (χ0v) is 13.7. The Bertz CT molecular complexity index is 619. The first-order valence-electron chi connectivity index (χ1n) is 6.67. The summed E-state index contributed by atoms with van der Waals surface area (Å²) in [6, 6.07) is 10.4. The SMILES string of the molecule is COCCOCOc1ccc(Br)cc1C(=O)c1ccccn1. The fraction of sp³-hybridized carbons (Fsp3) is 0.250. The second-order valence-corrected chi connectivity index (χ2v) is 5.26. The highest BCUT2D eigenvalue weighted by molar-refractivity contribution is 9.10. The van der Waals surface area contributed by atoms with Crippen LogP contribution in [0, 0.1) is 0 Å². The molecule has 2 rings (SSSR count). The number of ketones is 1. The van der Waals surface area contributed by atoms with Crippen molar-refractivity contribution in [3.63, 3.8) is 0 Å². The number of rotatable bonds is 8. The third-order valence-electron chi connectivity index (χ3n) is 2.81. The maximum atomic E-state index is 12.5. The number of methoxy groups -OCH3 is 1. The topological polar surface area (TPSA) is 57.7 Å². The molecular weight excluding hydrogens is 350 g/mol. The highest BCUT2D eigenvalue weighted by atomic mass is 79.9. The molecule has 0 amide bonds. The van der Waals surface area contributed by atoms with Gasteiger partial charge in [-0.15, -0.1) is 0 Å². The summed E-state index contributed by atoms with van der Waals surface area (Å²) in [7, 11) is 1.60. The van der Waals surface area contributed by atoms with Crippen molar-refractivity contribution in [3.05, 3.63) is 58.3 Å². The Morgan fingerprint density at radius 2 is 2.09 bits per heavy atom. The summed E-state index contributed by atoms with van der Waals surface area (Å²) in [6.45, 7) is 0.966. The van der Waals surface area contributed by atoms with Crippen molar-refractivity contribution in [3.8, 4) is 5.75 Å². The first kappa shape index (κ1) is 16.6. The number of aromatic nitrogens is 1. The number of ether oxygens (including phenoxy) is 3. The van der Waals surface area contributed by atoms with Crippen molar-refractivity contribution in [1.82, 2.24) is 4.98 Å². The van der Waals surface area contributed by atoms with E-state index in [0.717, 1.165) is 4.47 Å². The van der Waals surface area contributed by atoms with Crippen LogP contribution < -0.4 is 4.74 Å². The predicted octanol–water partition coefficient (Wildman–Crippen LogP) is 3.07. The lowest BCUT2D eigenvalue weighted by molar-refractivity contribution is -0.00872. The molecule has 0 unspecified atom stereocenters. The number of nitrogens with zero attached hydrogens (tertiary/aromatic N) is 1. The van der Waals surface area contributed by atoms with E-state index in [4.69, 9.17) is 14.2 Å². The van der Waals surface area contributed by atoms with Crippen molar-refractivity contribution in [2.45, 2.75) is 0 Å². The Labute approximate surface area is 137 Å². The highest BCUT2D eigenvalue weighted by Crippen LogP contribution is 2.25. The Kier molecular flexibility index (Phi) is 6.51. The van der Waals surface area contributed by atoms with E-state index in [2.05, 4.69) is 20.9 Å². The first-order valence-corrected chi connectivity index (χ1v) is 7.46. The summed E-state index contributed by atoms with van der Waals surface area (Å²) in [5.41, 5.74) is 0.800. The number of halogens is 1. The van der Waals surface area contributed by atoms with Crippen LogP contribution in [0.3, 0.4) is 0 Å². The van der Waals surface area contributed by atoms with Gasteiger partial charge in [0.25, 0.3) is 0 Å². The average Bonchev–Trinajstić information content (AvgIpc) is 2.56. The van der Waals surface area contributed by atoms with E-state index in [9.17, 15) is 4.79 Å². The first-order chi connectivity index (χ1) is 10.7. The lowest BCUT2D eigenvalue weighted by Crippen LogP contribution is -2.11. The number of carbonyl (C=O) groups excluding carboxylic acids is 1. The van der Waals surface area contributed by atoms with Crippen LogP contribution in [0.1, 0.15) is 16.1 Å². The highest BCUT2D eigenvalue weighted by Gasteiger charge is 2.16. The zero-order chi connectivity index (χ0) is 15.8. The summed E-state index contributed by atoms with van der Waals surface area (Å²) in [6.07, 6.45) is 1.58. The molecule has 6 heteroatoms. The van der Waals surface area contributed by atoms with Gasteiger partial charge in [0.1, 0.15) is 11.4 Å². The molecule has 0 fully saturated rings. The minimum Gasteiger partial charge on any atom is -0.467 e. The van der Waals surface area contributed by atoms with E-state index in [-0.39, 0.29) is 12.6 Å². The summed E-state index contributed by atoms with van der Waals surface area (Å²) in [5.74, 6) is 0.255. The van der Waals surface area contributed by atoms with Gasteiger partial charge >= 0.3 is 0 Å². The van der Waals surface area contributed by atoms with Gasteiger partial charge in [-0.1, -0.05) is 22.0 Å². The van der Waals surface area contributed by atoms with Crippen molar-refractivity contribution < 1.29 is 19.0 Å². The maximum absolute atomic E-state index is 12.5. The largest absolute Gasteiger partial charge is 0.467 e. The fourth-order valence-corrected chi connectivity index (χ4v) is 2.11. The summed E-state index contributed by atoms with van der Waals surface area (Å²) in [5, 5.41) is 0. The fourth-order valence-electron chi connectivity index (χ4n) is 1.75. The van der Waals surface area contributed by atoms with E-state index >= 15 is 0 Å². The Morgan fingerprint density at radius 3 is 2.82 bits per heavy atom. The summed E-state index contributed by atoms with van der Waals surface area (Å²) < 4.78 is 16.5. The molecule has 1 heterocycles. The van der Waals surface area contributed by atoms with Crippen molar-refractivity contribution in [1.29, 1.82) is 0 Å². The van der Waals surface area contributed by atoms with Crippen LogP contribution in [0.2, 0.25) is 0 Å². The van der Waals surface area contributed by atoms with Gasteiger partial charge in [-0.05, 0) is 30.3 Å². The van der Waals surface area contributed by atoms with Gasteiger partial charge in [0, 0.05) is 17.8 Å². The molecule has 0 atom stereocenters. The standard InChI is InChI=1S/C16H16BrNO4/c1-20-8-9-21-11-22-15-6-5-12(17)10-13(15)16(19)14-4-2-3-7-18-14/h2-7,10H,8-9,11H2,1H3. The molecule has 0 aliphatic carbocycles. The Morgan fingerprint density at radius 1 is 1.23 bits per heavy atom. The summed E-state index contributed by atoms with van der Waals surface area (Å²) >= 11 is 3.36.